The van der Waals surface area contributed by atoms with Crippen molar-refractivity contribution in [1.82, 2.24) is 21.2 Å². The normalized spacial score (nSPS) is 11.4. The second-order valence-corrected chi connectivity index (χ2v) is 6.31. The number of hydrogen-bond donors (Lipinski definition) is 3. The number of aromatic nitrogens is 1. The van der Waals surface area contributed by atoms with Gasteiger partial charge < -0.3 is 10.1 Å². The first-order valence-electron chi connectivity index (χ1n) is 8.97. The highest BCUT2D eigenvalue weighted by molar-refractivity contribution is 6.00. The van der Waals surface area contributed by atoms with E-state index < -0.39 is 23.8 Å². The Balaban J connectivity index is 2.03. The quantitative estimate of drug-likeness (QED) is 0.630. The van der Waals surface area contributed by atoms with Gasteiger partial charge in [-0.05, 0) is 37.1 Å². The van der Waals surface area contributed by atoms with E-state index in [1.54, 1.807) is 56.4 Å². The van der Waals surface area contributed by atoms with Crippen LogP contribution in [-0.2, 0) is 4.79 Å². The van der Waals surface area contributed by atoms with Crippen molar-refractivity contribution in [2.45, 2.75) is 26.8 Å². The lowest BCUT2D eigenvalue weighted by atomic mass is 10.0. The Morgan fingerprint density at radius 2 is 1.79 bits per heavy atom. The summed E-state index contributed by atoms with van der Waals surface area (Å²) in [7, 11) is 0. The standard InChI is InChI=1S/C20H24N4O4/c1-4-28-16-10-6-5-9-15(16)19(26)22-17(13(2)3)20(27)24-23-18(25)14-8-7-11-21-12-14/h5-13,17H,4H2,1-3H3,(H,22,26)(H,23,25)(H,24,27). The van der Waals surface area contributed by atoms with Crippen LogP contribution >= 0.6 is 0 Å². The number of hydrogen-bond acceptors (Lipinski definition) is 5. The van der Waals surface area contributed by atoms with Gasteiger partial charge in [0, 0.05) is 12.4 Å². The molecule has 0 bridgehead atoms. The van der Waals surface area contributed by atoms with Crippen molar-refractivity contribution in [3.05, 3.63) is 59.9 Å². The van der Waals surface area contributed by atoms with Crippen molar-refractivity contribution in [2.75, 3.05) is 6.61 Å². The molecule has 1 heterocycles. The summed E-state index contributed by atoms with van der Waals surface area (Å²) in [5.41, 5.74) is 5.31. The number of nitrogens with zero attached hydrogens (tertiary/aromatic N) is 1. The van der Waals surface area contributed by atoms with Crippen LogP contribution in [0.3, 0.4) is 0 Å². The van der Waals surface area contributed by atoms with Gasteiger partial charge in [0.2, 0.25) is 0 Å². The maximum Gasteiger partial charge on any atom is 0.271 e. The van der Waals surface area contributed by atoms with Gasteiger partial charge in [-0.2, -0.15) is 0 Å². The summed E-state index contributed by atoms with van der Waals surface area (Å²) in [6, 6.07) is 9.14. The Morgan fingerprint density at radius 3 is 2.43 bits per heavy atom. The van der Waals surface area contributed by atoms with Gasteiger partial charge in [0.05, 0.1) is 17.7 Å². The van der Waals surface area contributed by atoms with Crippen LogP contribution in [0.1, 0.15) is 41.5 Å². The molecule has 148 valence electrons. The van der Waals surface area contributed by atoms with Crippen LogP contribution in [0.25, 0.3) is 0 Å². The summed E-state index contributed by atoms with van der Waals surface area (Å²) in [4.78, 5) is 41.0. The Hall–Kier alpha value is -3.42. The molecule has 0 spiro atoms. The van der Waals surface area contributed by atoms with E-state index in [9.17, 15) is 14.4 Å². The molecule has 1 atom stereocenters. The van der Waals surface area contributed by atoms with Gasteiger partial charge in [-0.1, -0.05) is 26.0 Å². The smallest absolute Gasteiger partial charge is 0.271 e. The van der Waals surface area contributed by atoms with Crippen LogP contribution < -0.4 is 20.9 Å². The minimum atomic E-state index is -0.851. The maximum atomic E-state index is 12.7. The number of rotatable bonds is 7. The minimum Gasteiger partial charge on any atom is -0.493 e. The number of pyridine rings is 1. The van der Waals surface area contributed by atoms with E-state index in [1.807, 2.05) is 6.92 Å². The molecule has 1 aromatic heterocycles. The van der Waals surface area contributed by atoms with E-state index in [2.05, 4.69) is 21.2 Å². The third-order valence-electron chi connectivity index (χ3n) is 3.89. The van der Waals surface area contributed by atoms with E-state index >= 15 is 0 Å². The van der Waals surface area contributed by atoms with Crippen molar-refractivity contribution < 1.29 is 19.1 Å². The lowest BCUT2D eigenvalue weighted by Gasteiger charge is -2.22. The molecule has 1 unspecified atom stereocenters. The van der Waals surface area contributed by atoms with E-state index in [1.165, 1.54) is 6.20 Å². The van der Waals surface area contributed by atoms with Crippen LogP contribution in [0.4, 0.5) is 0 Å². The number of carbonyl (C=O) groups is 3. The second-order valence-electron chi connectivity index (χ2n) is 6.31. The van der Waals surface area contributed by atoms with Gasteiger partial charge in [0.15, 0.2) is 0 Å². The van der Waals surface area contributed by atoms with Gasteiger partial charge >= 0.3 is 0 Å². The predicted octanol–water partition coefficient (Wildman–Crippen LogP) is 1.70. The fourth-order valence-electron chi connectivity index (χ4n) is 2.45. The third kappa shape index (κ3) is 5.54. The van der Waals surface area contributed by atoms with Crippen molar-refractivity contribution in [3.63, 3.8) is 0 Å². The number of benzene rings is 1. The maximum absolute atomic E-state index is 12.7. The molecule has 0 radical (unpaired) electrons. The number of hydrazine groups is 1. The van der Waals surface area contributed by atoms with Crippen LogP contribution in [0.2, 0.25) is 0 Å². The summed E-state index contributed by atoms with van der Waals surface area (Å²) in [6.45, 7) is 5.83. The number of ether oxygens (including phenoxy) is 1. The Labute approximate surface area is 163 Å². The predicted molar refractivity (Wildman–Crippen MR) is 104 cm³/mol. The molecule has 0 saturated carbocycles. The summed E-state index contributed by atoms with van der Waals surface area (Å²) < 4.78 is 5.46. The van der Waals surface area contributed by atoms with E-state index in [4.69, 9.17) is 4.74 Å². The van der Waals surface area contributed by atoms with Gasteiger partial charge in [0.25, 0.3) is 17.7 Å². The first-order valence-corrected chi connectivity index (χ1v) is 8.97. The average molecular weight is 384 g/mol. The zero-order valence-electron chi connectivity index (χ0n) is 16.1. The number of nitrogens with one attached hydrogen (secondary N) is 3. The molecular weight excluding hydrogens is 360 g/mol. The lowest BCUT2D eigenvalue weighted by Crippen LogP contribution is -2.54. The minimum absolute atomic E-state index is 0.210. The summed E-state index contributed by atoms with van der Waals surface area (Å²) in [6.07, 6.45) is 2.92. The van der Waals surface area contributed by atoms with Crippen LogP contribution in [0, 0.1) is 5.92 Å². The molecule has 0 saturated heterocycles. The van der Waals surface area contributed by atoms with E-state index in [-0.39, 0.29) is 5.92 Å². The average Bonchev–Trinajstić information content (AvgIpc) is 2.70. The lowest BCUT2D eigenvalue weighted by molar-refractivity contribution is -0.124. The first-order chi connectivity index (χ1) is 13.4. The van der Waals surface area contributed by atoms with E-state index in [0.717, 1.165) is 0 Å². The molecule has 3 N–H and O–H groups in total. The van der Waals surface area contributed by atoms with Crippen molar-refractivity contribution in [1.29, 1.82) is 0 Å². The molecule has 0 fully saturated rings. The van der Waals surface area contributed by atoms with Gasteiger partial charge in [-0.25, -0.2) is 0 Å². The highest BCUT2D eigenvalue weighted by atomic mass is 16.5. The van der Waals surface area contributed by atoms with Crippen LogP contribution in [0.5, 0.6) is 5.75 Å². The molecule has 0 aliphatic heterocycles. The fraction of sp³-hybridized carbons (Fsp3) is 0.300. The Morgan fingerprint density at radius 1 is 1.04 bits per heavy atom. The Bertz CT molecular complexity index is 824. The molecule has 8 heteroatoms. The number of carbonyl (C=O) groups excluding carboxylic acids is 3. The van der Waals surface area contributed by atoms with Crippen molar-refractivity contribution >= 4 is 17.7 Å². The molecule has 1 aromatic carbocycles. The third-order valence-corrected chi connectivity index (χ3v) is 3.89. The first kappa shape index (κ1) is 20.9. The zero-order chi connectivity index (χ0) is 20.5. The molecule has 8 nitrogen and oxygen atoms in total. The van der Waals surface area contributed by atoms with Gasteiger partial charge in [0.1, 0.15) is 11.8 Å². The van der Waals surface area contributed by atoms with Crippen LogP contribution in [0.15, 0.2) is 48.8 Å². The molecule has 2 rings (SSSR count). The van der Waals surface area contributed by atoms with Gasteiger partial charge in [-0.15, -0.1) is 0 Å². The Kier molecular flexibility index (Phi) is 7.50. The van der Waals surface area contributed by atoms with E-state index in [0.29, 0.717) is 23.5 Å². The fourth-order valence-corrected chi connectivity index (χ4v) is 2.45. The number of amides is 3. The highest BCUT2D eigenvalue weighted by Crippen LogP contribution is 2.18. The van der Waals surface area contributed by atoms with Gasteiger partial charge in [-0.3, -0.25) is 30.2 Å². The zero-order valence-corrected chi connectivity index (χ0v) is 16.1. The molecular formula is C20H24N4O4. The number of para-hydroxylation sites is 1. The molecule has 3 amide bonds. The molecule has 28 heavy (non-hydrogen) atoms. The summed E-state index contributed by atoms with van der Waals surface area (Å²) in [5.74, 6) is -1.24. The van der Waals surface area contributed by atoms with Crippen LogP contribution in [-0.4, -0.2) is 35.4 Å². The molecule has 0 aliphatic rings. The largest absolute Gasteiger partial charge is 0.493 e. The molecule has 0 aliphatic carbocycles. The highest BCUT2D eigenvalue weighted by Gasteiger charge is 2.26. The topological polar surface area (TPSA) is 109 Å². The monoisotopic (exact) mass is 384 g/mol. The SMILES string of the molecule is CCOc1ccccc1C(=O)NC(C(=O)NNC(=O)c1cccnc1)C(C)C. The van der Waals surface area contributed by atoms with Crippen molar-refractivity contribution in [2.24, 2.45) is 5.92 Å². The summed E-state index contributed by atoms with van der Waals surface area (Å²) >= 11 is 0. The molecule has 2 aromatic rings. The second kappa shape index (κ2) is 10.1. The van der Waals surface area contributed by atoms with Crippen molar-refractivity contribution in [3.8, 4) is 5.75 Å². The summed E-state index contributed by atoms with van der Waals surface area (Å²) in [5, 5.41) is 2.70.